The van der Waals surface area contributed by atoms with Crippen LogP contribution in [0, 0.1) is 0 Å². The van der Waals surface area contributed by atoms with Crippen molar-refractivity contribution in [1.29, 1.82) is 0 Å². The Kier molecular flexibility index (Phi) is 7.33. The van der Waals surface area contributed by atoms with Crippen molar-refractivity contribution < 1.29 is 23.0 Å². The Morgan fingerprint density at radius 2 is 2.07 bits per heavy atom. The number of aromatic nitrogens is 3. The first-order valence-electron chi connectivity index (χ1n) is 9.25. The van der Waals surface area contributed by atoms with Crippen LogP contribution in [-0.4, -0.2) is 45.9 Å². The molecule has 4 N–H and O–H groups in total. The van der Waals surface area contributed by atoms with Crippen LogP contribution >= 0.6 is 0 Å². The highest BCUT2D eigenvalue weighted by Crippen LogP contribution is 2.19. The molecule has 1 atom stereocenters. The molecular weight excluding hydrogens is 398 g/mol. The van der Waals surface area contributed by atoms with Crippen LogP contribution in [0.4, 0.5) is 8.78 Å². The number of furan rings is 1. The van der Waals surface area contributed by atoms with Gasteiger partial charge in [-0.1, -0.05) is 12.1 Å². The minimum absolute atomic E-state index is 0.0322. The fourth-order valence-corrected chi connectivity index (χ4v) is 2.56. The molecule has 9 nitrogen and oxygen atoms in total. The second kappa shape index (κ2) is 10.3. The first kappa shape index (κ1) is 21.2. The Bertz CT molecular complexity index is 928. The number of aliphatic imine (C=N–C) groups is 1. The molecule has 0 aliphatic rings. The Hall–Kier alpha value is -3.47. The third kappa shape index (κ3) is 6.01. The minimum Gasteiger partial charge on any atom is -0.461 e. The number of aliphatic hydroxyl groups is 1. The number of hydrogen-bond acceptors (Lipinski definition) is 6. The Balaban J connectivity index is 1.55. The SMILES string of the molecule is CCNC(=NCc1nc(-c2ccco2)n[nH]1)NCC(O)c1ccc(OC(F)F)cc1. The zero-order chi connectivity index (χ0) is 21.3. The van der Waals surface area contributed by atoms with Crippen molar-refractivity contribution in [2.75, 3.05) is 13.1 Å². The summed E-state index contributed by atoms with van der Waals surface area (Å²) >= 11 is 0. The fraction of sp³-hybridized carbons (Fsp3) is 0.316. The third-order valence-electron chi connectivity index (χ3n) is 3.96. The lowest BCUT2D eigenvalue weighted by atomic mass is 10.1. The number of guanidine groups is 1. The lowest BCUT2D eigenvalue weighted by Crippen LogP contribution is -2.39. The topological polar surface area (TPSA) is 121 Å². The van der Waals surface area contributed by atoms with E-state index >= 15 is 0 Å². The summed E-state index contributed by atoms with van der Waals surface area (Å²) in [5.41, 5.74) is 0.554. The van der Waals surface area contributed by atoms with Crippen molar-refractivity contribution in [2.45, 2.75) is 26.2 Å². The number of hydrogen-bond donors (Lipinski definition) is 4. The first-order chi connectivity index (χ1) is 14.5. The van der Waals surface area contributed by atoms with Gasteiger partial charge in [0, 0.05) is 13.1 Å². The average Bonchev–Trinajstić information content (AvgIpc) is 3.41. The molecule has 0 aliphatic heterocycles. The number of aromatic amines is 1. The molecule has 11 heteroatoms. The number of nitrogens with one attached hydrogen (secondary N) is 3. The zero-order valence-electron chi connectivity index (χ0n) is 16.2. The van der Waals surface area contributed by atoms with Crippen LogP contribution in [-0.2, 0) is 6.54 Å². The highest BCUT2D eigenvalue weighted by Gasteiger charge is 2.11. The maximum Gasteiger partial charge on any atom is 0.387 e. The molecule has 0 fully saturated rings. The van der Waals surface area contributed by atoms with Crippen molar-refractivity contribution in [3.8, 4) is 17.3 Å². The number of halogens is 2. The largest absolute Gasteiger partial charge is 0.461 e. The molecule has 0 spiro atoms. The van der Waals surface area contributed by atoms with E-state index in [-0.39, 0.29) is 18.8 Å². The zero-order valence-corrected chi connectivity index (χ0v) is 16.2. The van der Waals surface area contributed by atoms with Gasteiger partial charge in [0.05, 0.1) is 12.4 Å². The molecule has 30 heavy (non-hydrogen) atoms. The van der Waals surface area contributed by atoms with Crippen molar-refractivity contribution in [3.05, 3.63) is 54.0 Å². The lowest BCUT2D eigenvalue weighted by Gasteiger charge is -2.16. The minimum atomic E-state index is -2.89. The van der Waals surface area contributed by atoms with E-state index in [1.807, 2.05) is 6.92 Å². The lowest BCUT2D eigenvalue weighted by molar-refractivity contribution is -0.0498. The molecule has 1 aromatic carbocycles. The number of benzene rings is 1. The molecule has 3 rings (SSSR count). The quantitative estimate of drug-likeness (QED) is 0.310. The van der Waals surface area contributed by atoms with Crippen LogP contribution in [0.2, 0.25) is 0 Å². The second-order valence-corrected chi connectivity index (χ2v) is 6.12. The van der Waals surface area contributed by atoms with E-state index in [2.05, 4.69) is 35.5 Å². The molecule has 1 unspecified atom stereocenters. The number of ether oxygens (including phenoxy) is 1. The van der Waals surface area contributed by atoms with Gasteiger partial charge in [-0.25, -0.2) is 9.98 Å². The molecule has 0 radical (unpaired) electrons. The van der Waals surface area contributed by atoms with Gasteiger partial charge in [0.1, 0.15) is 18.1 Å². The Morgan fingerprint density at radius 1 is 1.27 bits per heavy atom. The Labute approximate surface area is 171 Å². The van der Waals surface area contributed by atoms with Gasteiger partial charge in [0.25, 0.3) is 0 Å². The molecule has 2 heterocycles. The van der Waals surface area contributed by atoms with Crippen LogP contribution in [0.1, 0.15) is 24.4 Å². The van der Waals surface area contributed by atoms with Gasteiger partial charge in [0.15, 0.2) is 11.7 Å². The van der Waals surface area contributed by atoms with E-state index in [0.717, 1.165) is 0 Å². The summed E-state index contributed by atoms with van der Waals surface area (Å²) in [5, 5.41) is 23.3. The molecule has 0 saturated heterocycles. The van der Waals surface area contributed by atoms with E-state index in [0.29, 0.717) is 35.5 Å². The fourth-order valence-electron chi connectivity index (χ4n) is 2.56. The third-order valence-corrected chi connectivity index (χ3v) is 3.96. The van der Waals surface area contributed by atoms with E-state index in [4.69, 9.17) is 4.42 Å². The van der Waals surface area contributed by atoms with Crippen LogP contribution in [0.5, 0.6) is 5.75 Å². The summed E-state index contributed by atoms with van der Waals surface area (Å²) in [6.07, 6.45) is 0.673. The second-order valence-electron chi connectivity index (χ2n) is 6.12. The van der Waals surface area contributed by atoms with Crippen LogP contribution in [0.25, 0.3) is 11.6 Å². The van der Waals surface area contributed by atoms with E-state index < -0.39 is 12.7 Å². The van der Waals surface area contributed by atoms with Crippen molar-refractivity contribution in [2.24, 2.45) is 4.99 Å². The van der Waals surface area contributed by atoms with Crippen LogP contribution in [0.3, 0.4) is 0 Å². The highest BCUT2D eigenvalue weighted by atomic mass is 19.3. The summed E-state index contributed by atoms with van der Waals surface area (Å²) in [5.74, 6) is 2.06. The monoisotopic (exact) mass is 420 g/mol. The van der Waals surface area contributed by atoms with Gasteiger partial charge >= 0.3 is 6.61 Å². The van der Waals surface area contributed by atoms with Gasteiger partial charge in [-0.05, 0) is 36.8 Å². The van der Waals surface area contributed by atoms with E-state index in [1.165, 1.54) is 24.3 Å². The summed E-state index contributed by atoms with van der Waals surface area (Å²) in [6, 6.07) is 9.32. The van der Waals surface area contributed by atoms with Crippen molar-refractivity contribution in [3.63, 3.8) is 0 Å². The molecule has 0 bridgehead atoms. The average molecular weight is 420 g/mol. The Morgan fingerprint density at radius 3 is 2.73 bits per heavy atom. The van der Waals surface area contributed by atoms with E-state index in [1.54, 1.807) is 18.4 Å². The summed E-state index contributed by atoms with van der Waals surface area (Å²) < 4.78 is 34.0. The number of aliphatic hydroxyl groups excluding tert-OH is 1. The standard InChI is InChI=1S/C19H22F2N6O3/c1-2-22-19(24-11-16-25-17(27-26-16)15-4-3-9-29-15)23-10-14(28)12-5-7-13(8-6-12)30-18(20)21/h3-9,14,18,28H,2,10-11H2,1H3,(H2,22,23,24)(H,25,26,27). The number of alkyl halides is 2. The summed E-state index contributed by atoms with van der Waals surface area (Å²) in [6.45, 7) is 0.0446. The normalized spacial score (nSPS) is 12.8. The van der Waals surface area contributed by atoms with Gasteiger partial charge in [-0.2, -0.15) is 8.78 Å². The number of rotatable bonds is 9. The number of H-pyrrole nitrogens is 1. The van der Waals surface area contributed by atoms with Crippen molar-refractivity contribution >= 4 is 5.96 Å². The molecular formula is C19H22F2N6O3. The molecule has 2 aromatic heterocycles. The van der Waals surface area contributed by atoms with Gasteiger partial charge < -0.3 is 24.9 Å². The van der Waals surface area contributed by atoms with Crippen molar-refractivity contribution in [1.82, 2.24) is 25.8 Å². The van der Waals surface area contributed by atoms with Gasteiger partial charge in [0.2, 0.25) is 5.82 Å². The molecule has 3 aromatic rings. The summed E-state index contributed by atoms with van der Waals surface area (Å²) in [7, 11) is 0. The predicted molar refractivity (Wildman–Crippen MR) is 105 cm³/mol. The molecule has 0 amide bonds. The maximum absolute atomic E-state index is 12.2. The molecule has 0 aliphatic carbocycles. The summed E-state index contributed by atoms with van der Waals surface area (Å²) in [4.78, 5) is 8.72. The van der Waals surface area contributed by atoms with Crippen LogP contribution in [0.15, 0.2) is 52.1 Å². The van der Waals surface area contributed by atoms with E-state index in [9.17, 15) is 13.9 Å². The predicted octanol–water partition coefficient (Wildman–Crippen LogP) is 2.45. The highest BCUT2D eigenvalue weighted by molar-refractivity contribution is 5.79. The smallest absolute Gasteiger partial charge is 0.387 e. The molecule has 0 saturated carbocycles. The van der Waals surface area contributed by atoms with Crippen LogP contribution < -0.4 is 15.4 Å². The van der Waals surface area contributed by atoms with Gasteiger partial charge in [-0.3, -0.25) is 5.10 Å². The molecule has 160 valence electrons. The maximum atomic E-state index is 12.2. The number of nitrogens with zero attached hydrogens (tertiary/aromatic N) is 3. The first-order valence-corrected chi connectivity index (χ1v) is 9.25. The van der Waals surface area contributed by atoms with Gasteiger partial charge in [-0.15, -0.1) is 5.10 Å².